The molecule has 16 heavy (non-hydrogen) atoms. The van der Waals surface area contributed by atoms with Crippen molar-refractivity contribution in [2.45, 2.75) is 13.0 Å². The summed E-state index contributed by atoms with van der Waals surface area (Å²) in [6.45, 7) is 2.96. The van der Waals surface area contributed by atoms with Crippen molar-refractivity contribution in [3.05, 3.63) is 23.9 Å². The van der Waals surface area contributed by atoms with E-state index in [0.29, 0.717) is 19.0 Å². The van der Waals surface area contributed by atoms with Gasteiger partial charge in [0.25, 0.3) is 0 Å². The van der Waals surface area contributed by atoms with E-state index in [1.165, 1.54) is 0 Å². The molecule has 0 fully saturated rings. The van der Waals surface area contributed by atoms with E-state index in [1.54, 1.807) is 13.3 Å². The van der Waals surface area contributed by atoms with Crippen LogP contribution in [0.4, 0.5) is 0 Å². The highest BCUT2D eigenvalue weighted by molar-refractivity contribution is 5.21. The lowest BCUT2D eigenvalue weighted by Gasteiger charge is -2.15. The summed E-state index contributed by atoms with van der Waals surface area (Å²) in [6.07, 6.45) is 1.77. The molecule has 0 bridgehead atoms. The Balaban J connectivity index is 2.65. The molecule has 0 aromatic carbocycles. The molecule has 0 aliphatic carbocycles. The maximum Gasteiger partial charge on any atom is 0.212 e. The first-order valence-electron chi connectivity index (χ1n) is 5.14. The summed E-state index contributed by atoms with van der Waals surface area (Å²) in [7, 11) is 1.59. The molecule has 1 heterocycles. The summed E-state index contributed by atoms with van der Waals surface area (Å²) in [5.74, 6) is 6.38. The van der Waals surface area contributed by atoms with Crippen LogP contribution in [0.1, 0.15) is 18.5 Å². The zero-order chi connectivity index (χ0) is 11.8. The van der Waals surface area contributed by atoms with Gasteiger partial charge in [0.05, 0.1) is 13.7 Å². The van der Waals surface area contributed by atoms with E-state index < -0.39 is 0 Å². The van der Waals surface area contributed by atoms with Gasteiger partial charge in [0.15, 0.2) is 0 Å². The molecule has 1 rings (SSSR count). The molecule has 1 atom stereocenters. The van der Waals surface area contributed by atoms with E-state index in [0.717, 1.165) is 5.56 Å². The summed E-state index contributed by atoms with van der Waals surface area (Å²) < 4.78 is 5.00. The fourth-order valence-corrected chi connectivity index (χ4v) is 1.32. The third-order valence-corrected chi connectivity index (χ3v) is 2.22. The zero-order valence-electron chi connectivity index (χ0n) is 9.66. The SMILES string of the molecule is CC#CCNC(CN)c1ccc(OC)nc1. The van der Waals surface area contributed by atoms with Crippen LogP contribution < -0.4 is 15.8 Å². The minimum absolute atomic E-state index is 0.0826. The summed E-state index contributed by atoms with van der Waals surface area (Å²) in [5.41, 5.74) is 6.73. The van der Waals surface area contributed by atoms with Crippen molar-refractivity contribution in [3.8, 4) is 17.7 Å². The van der Waals surface area contributed by atoms with Gasteiger partial charge in [0, 0.05) is 24.8 Å². The van der Waals surface area contributed by atoms with Crippen molar-refractivity contribution in [3.63, 3.8) is 0 Å². The van der Waals surface area contributed by atoms with Crippen molar-refractivity contribution < 1.29 is 4.74 Å². The fourth-order valence-electron chi connectivity index (χ4n) is 1.32. The summed E-state index contributed by atoms with van der Waals surface area (Å²) >= 11 is 0. The van der Waals surface area contributed by atoms with Crippen LogP contribution in [0.25, 0.3) is 0 Å². The highest BCUT2D eigenvalue weighted by atomic mass is 16.5. The number of methoxy groups -OCH3 is 1. The molecule has 1 unspecified atom stereocenters. The van der Waals surface area contributed by atoms with Crippen LogP contribution in [-0.4, -0.2) is 25.2 Å². The third-order valence-electron chi connectivity index (χ3n) is 2.22. The van der Waals surface area contributed by atoms with Crippen molar-refractivity contribution in [2.75, 3.05) is 20.2 Å². The molecular formula is C12H17N3O. The van der Waals surface area contributed by atoms with Crippen molar-refractivity contribution in [1.29, 1.82) is 0 Å². The minimum atomic E-state index is 0.0826. The molecule has 1 aromatic heterocycles. The number of rotatable bonds is 5. The molecule has 0 amide bonds. The molecule has 86 valence electrons. The molecule has 0 saturated heterocycles. The second kappa shape index (κ2) is 6.83. The van der Waals surface area contributed by atoms with Gasteiger partial charge in [-0.05, 0) is 12.5 Å². The normalized spacial score (nSPS) is 11.4. The van der Waals surface area contributed by atoms with Crippen LogP contribution in [-0.2, 0) is 0 Å². The van der Waals surface area contributed by atoms with Gasteiger partial charge in [0.2, 0.25) is 5.88 Å². The average molecular weight is 219 g/mol. The van der Waals surface area contributed by atoms with Crippen LogP contribution in [0, 0.1) is 11.8 Å². The van der Waals surface area contributed by atoms with Gasteiger partial charge in [-0.1, -0.05) is 12.0 Å². The van der Waals surface area contributed by atoms with E-state index >= 15 is 0 Å². The van der Waals surface area contributed by atoms with Crippen molar-refractivity contribution in [2.24, 2.45) is 5.73 Å². The summed E-state index contributed by atoms with van der Waals surface area (Å²) in [4.78, 5) is 4.14. The van der Waals surface area contributed by atoms with Crippen LogP contribution in [0.5, 0.6) is 5.88 Å². The number of hydrogen-bond donors (Lipinski definition) is 2. The van der Waals surface area contributed by atoms with Gasteiger partial charge in [-0.3, -0.25) is 5.32 Å². The number of nitrogens with two attached hydrogens (primary N) is 1. The van der Waals surface area contributed by atoms with E-state index in [4.69, 9.17) is 10.5 Å². The predicted octanol–water partition coefficient (Wildman–Crippen LogP) is 0.703. The molecule has 0 aliphatic heterocycles. The first-order chi connectivity index (χ1) is 7.81. The van der Waals surface area contributed by atoms with Crippen molar-refractivity contribution in [1.82, 2.24) is 10.3 Å². The first-order valence-corrected chi connectivity index (χ1v) is 5.14. The average Bonchev–Trinajstić information content (AvgIpc) is 2.35. The van der Waals surface area contributed by atoms with Gasteiger partial charge in [-0.25, -0.2) is 4.98 Å². The number of pyridine rings is 1. The fraction of sp³-hybridized carbons (Fsp3) is 0.417. The number of aromatic nitrogens is 1. The zero-order valence-corrected chi connectivity index (χ0v) is 9.66. The maximum atomic E-state index is 5.69. The van der Waals surface area contributed by atoms with Gasteiger partial charge in [-0.2, -0.15) is 0 Å². The Bertz CT molecular complexity index is 364. The Morgan fingerprint density at radius 1 is 1.56 bits per heavy atom. The van der Waals surface area contributed by atoms with Crippen LogP contribution in [0.3, 0.4) is 0 Å². The molecule has 4 nitrogen and oxygen atoms in total. The topological polar surface area (TPSA) is 60.2 Å². The lowest BCUT2D eigenvalue weighted by atomic mass is 10.1. The first kappa shape index (κ1) is 12.5. The summed E-state index contributed by atoms with van der Waals surface area (Å²) in [5, 5.41) is 3.24. The highest BCUT2D eigenvalue weighted by Gasteiger charge is 2.08. The van der Waals surface area contributed by atoms with E-state index in [9.17, 15) is 0 Å². The van der Waals surface area contributed by atoms with Gasteiger partial charge in [-0.15, -0.1) is 5.92 Å². The lowest BCUT2D eigenvalue weighted by molar-refractivity contribution is 0.397. The number of ether oxygens (including phenoxy) is 1. The van der Waals surface area contributed by atoms with Gasteiger partial charge >= 0.3 is 0 Å². The highest BCUT2D eigenvalue weighted by Crippen LogP contribution is 2.13. The number of nitrogens with one attached hydrogen (secondary N) is 1. The second-order valence-electron chi connectivity index (χ2n) is 3.23. The number of hydrogen-bond acceptors (Lipinski definition) is 4. The Morgan fingerprint density at radius 2 is 2.38 bits per heavy atom. The van der Waals surface area contributed by atoms with Gasteiger partial charge < -0.3 is 10.5 Å². The van der Waals surface area contributed by atoms with E-state index in [1.807, 2.05) is 19.1 Å². The molecule has 3 N–H and O–H groups in total. The molecule has 0 saturated carbocycles. The van der Waals surface area contributed by atoms with Crippen molar-refractivity contribution >= 4 is 0 Å². The number of nitrogens with zero attached hydrogens (tertiary/aromatic N) is 1. The Kier molecular flexibility index (Phi) is 5.34. The second-order valence-corrected chi connectivity index (χ2v) is 3.23. The Labute approximate surface area is 96.2 Å². The monoisotopic (exact) mass is 219 g/mol. The van der Waals surface area contributed by atoms with Crippen LogP contribution >= 0.6 is 0 Å². The van der Waals surface area contributed by atoms with E-state index in [-0.39, 0.29) is 6.04 Å². The molecule has 0 spiro atoms. The third kappa shape index (κ3) is 3.54. The van der Waals surface area contributed by atoms with Gasteiger partial charge in [0.1, 0.15) is 0 Å². The molecule has 0 radical (unpaired) electrons. The molecule has 1 aromatic rings. The Morgan fingerprint density at radius 3 is 2.88 bits per heavy atom. The smallest absolute Gasteiger partial charge is 0.212 e. The summed E-state index contributed by atoms with van der Waals surface area (Å²) in [6, 6.07) is 3.86. The van der Waals surface area contributed by atoms with E-state index in [2.05, 4.69) is 22.1 Å². The minimum Gasteiger partial charge on any atom is -0.481 e. The van der Waals surface area contributed by atoms with Crippen LogP contribution in [0.15, 0.2) is 18.3 Å². The predicted molar refractivity (Wildman–Crippen MR) is 64.0 cm³/mol. The maximum absolute atomic E-state index is 5.69. The largest absolute Gasteiger partial charge is 0.481 e. The molecule has 4 heteroatoms. The molecule has 0 aliphatic rings. The standard InChI is InChI=1S/C12H17N3O/c1-3-4-7-14-11(8-13)10-5-6-12(16-2)15-9-10/h5-6,9,11,14H,7-8,13H2,1-2H3. The molecular weight excluding hydrogens is 202 g/mol. The Hall–Kier alpha value is -1.57. The lowest BCUT2D eigenvalue weighted by Crippen LogP contribution is -2.28. The quantitative estimate of drug-likeness (QED) is 0.716. The van der Waals surface area contributed by atoms with Crippen LogP contribution in [0.2, 0.25) is 0 Å².